The molecule has 7 nitrogen and oxygen atoms in total. The summed E-state index contributed by atoms with van der Waals surface area (Å²) in [7, 11) is 1.35. The maximum Gasteiger partial charge on any atom is 0.337 e. The van der Waals surface area contributed by atoms with E-state index in [4.69, 9.17) is 15.2 Å². The van der Waals surface area contributed by atoms with Crippen LogP contribution in [0.3, 0.4) is 0 Å². The molecule has 1 amide bonds. The molecule has 0 atom stereocenters. The van der Waals surface area contributed by atoms with Crippen LogP contribution in [-0.4, -0.2) is 61.3 Å². The number of morpholine rings is 1. The molecule has 156 valence electrons. The molecule has 1 fully saturated rings. The molecule has 0 bridgehead atoms. The second kappa shape index (κ2) is 9.24. The molecule has 1 aliphatic rings. The van der Waals surface area contributed by atoms with Crippen molar-refractivity contribution in [2.75, 3.05) is 40.0 Å². The Morgan fingerprint density at radius 1 is 1.07 bits per heavy atom. The van der Waals surface area contributed by atoms with Crippen molar-refractivity contribution >= 4 is 11.9 Å². The summed E-state index contributed by atoms with van der Waals surface area (Å²) in [6, 6.07) is 7.07. The lowest BCUT2D eigenvalue weighted by Gasteiger charge is -2.26. The first kappa shape index (κ1) is 21.1. The maximum atomic E-state index is 12.2. The number of nitrogens with two attached hydrogens (primary N) is 1. The van der Waals surface area contributed by atoms with Crippen molar-refractivity contribution in [3.05, 3.63) is 46.8 Å². The SMILES string of the molecule is COC(=O)c1ccc(-c2c(C(N)=O)c(C)n(CCCN3CCOCC3)c2C)cc1. The zero-order valence-corrected chi connectivity index (χ0v) is 17.4. The number of benzene rings is 1. The molecule has 0 aliphatic carbocycles. The van der Waals surface area contributed by atoms with E-state index in [-0.39, 0.29) is 5.97 Å². The summed E-state index contributed by atoms with van der Waals surface area (Å²) in [6.07, 6.45) is 0.981. The Kier molecular flexibility index (Phi) is 6.71. The molecular formula is C22H29N3O4. The average Bonchev–Trinajstić information content (AvgIpc) is 2.99. The van der Waals surface area contributed by atoms with Gasteiger partial charge < -0.3 is 19.8 Å². The van der Waals surface area contributed by atoms with Gasteiger partial charge >= 0.3 is 5.97 Å². The summed E-state index contributed by atoms with van der Waals surface area (Å²) in [5.41, 5.74) is 10.3. The summed E-state index contributed by atoms with van der Waals surface area (Å²) >= 11 is 0. The van der Waals surface area contributed by atoms with E-state index >= 15 is 0 Å². The van der Waals surface area contributed by atoms with E-state index in [0.29, 0.717) is 11.1 Å². The molecule has 0 spiro atoms. The number of aromatic nitrogens is 1. The van der Waals surface area contributed by atoms with Crippen molar-refractivity contribution in [3.8, 4) is 11.1 Å². The van der Waals surface area contributed by atoms with Crippen LogP contribution in [0.15, 0.2) is 24.3 Å². The number of nitrogens with zero attached hydrogens (tertiary/aromatic N) is 2. The Labute approximate surface area is 171 Å². The Morgan fingerprint density at radius 2 is 1.72 bits per heavy atom. The van der Waals surface area contributed by atoms with Crippen LogP contribution in [0.25, 0.3) is 11.1 Å². The third-order valence-corrected chi connectivity index (χ3v) is 5.58. The highest BCUT2D eigenvalue weighted by atomic mass is 16.5. The Bertz CT molecular complexity index is 880. The largest absolute Gasteiger partial charge is 0.465 e. The fourth-order valence-corrected chi connectivity index (χ4v) is 4.04. The van der Waals surface area contributed by atoms with Crippen LogP contribution in [-0.2, 0) is 16.0 Å². The molecular weight excluding hydrogens is 370 g/mol. The first-order chi connectivity index (χ1) is 13.9. The van der Waals surface area contributed by atoms with Gasteiger partial charge in [0.15, 0.2) is 0 Å². The van der Waals surface area contributed by atoms with E-state index in [9.17, 15) is 9.59 Å². The quantitative estimate of drug-likeness (QED) is 0.723. The Hall–Kier alpha value is -2.64. The maximum absolute atomic E-state index is 12.2. The molecule has 1 aromatic heterocycles. The Balaban J connectivity index is 1.86. The summed E-state index contributed by atoms with van der Waals surface area (Å²) in [4.78, 5) is 26.3. The molecule has 1 aromatic carbocycles. The number of rotatable bonds is 7. The van der Waals surface area contributed by atoms with Gasteiger partial charge in [0.05, 0.1) is 31.5 Å². The zero-order chi connectivity index (χ0) is 21.0. The summed E-state index contributed by atoms with van der Waals surface area (Å²) < 4.78 is 12.3. The molecule has 7 heteroatoms. The van der Waals surface area contributed by atoms with E-state index in [1.165, 1.54) is 7.11 Å². The van der Waals surface area contributed by atoms with Gasteiger partial charge in [-0.3, -0.25) is 9.69 Å². The van der Waals surface area contributed by atoms with E-state index in [1.54, 1.807) is 12.1 Å². The molecule has 0 unspecified atom stereocenters. The van der Waals surface area contributed by atoms with Gasteiger partial charge in [-0.25, -0.2) is 4.79 Å². The van der Waals surface area contributed by atoms with Crippen molar-refractivity contribution in [1.29, 1.82) is 0 Å². The lowest BCUT2D eigenvalue weighted by Crippen LogP contribution is -2.37. The number of carbonyl (C=O) groups excluding carboxylic acids is 2. The highest BCUT2D eigenvalue weighted by Crippen LogP contribution is 2.32. The molecule has 1 aliphatic heterocycles. The van der Waals surface area contributed by atoms with E-state index in [2.05, 4.69) is 9.47 Å². The highest BCUT2D eigenvalue weighted by Gasteiger charge is 2.23. The van der Waals surface area contributed by atoms with Crippen molar-refractivity contribution < 1.29 is 19.1 Å². The fourth-order valence-electron chi connectivity index (χ4n) is 4.04. The molecule has 0 saturated carbocycles. The van der Waals surface area contributed by atoms with E-state index in [0.717, 1.165) is 68.3 Å². The first-order valence-corrected chi connectivity index (χ1v) is 9.92. The summed E-state index contributed by atoms with van der Waals surface area (Å²) in [6.45, 7) is 9.27. The van der Waals surface area contributed by atoms with Gasteiger partial charge in [0.1, 0.15) is 0 Å². The van der Waals surface area contributed by atoms with Crippen molar-refractivity contribution in [2.24, 2.45) is 5.73 Å². The zero-order valence-electron chi connectivity index (χ0n) is 17.4. The van der Waals surface area contributed by atoms with Crippen LogP contribution in [0.5, 0.6) is 0 Å². The van der Waals surface area contributed by atoms with Gasteiger partial charge in [-0.1, -0.05) is 12.1 Å². The van der Waals surface area contributed by atoms with Crippen molar-refractivity contribution in [2.45, 2.75) is 26.8 Å². The number of carbonyl (C=O) groups is 2. The number of primary amides is 1. The predicted octanol–water partition coefficient (Wildman–Crippen LogP) is 2.38. The predicted molar refractivity (Wildman–Crippen MR) is 111 cm³/mol. The van der Waals surface area contributed by atoms with E-state index in [1.807, 2.05) is 26.0 Å². The van der Waals surface area contributed by atoms with Crippen LogP contribution < -0.4 is 5.73 Å². The first-order valence-electron chi connectivity index (χ1n) is 9.92. The average molecular weight is 399 g/mol. The molecule has 0 radical (unpaired) electrons. The third kappa shape index (κ3) is 4.52. The van der Waals surface area contributed by atoms with Gasteiger partial charge in [-0.05, 0) is 38.0 Å². The molecule has 29 heavy (non-hydrogen) atoms. The normalized spacial score (nSPS) is 14.7. The summed E-state index contributed by atoms with van der Waals surface area (Å²) in [5.74, 6) is -0.829. The van der Waals surface area contributed by atoms with Crippen LogP contribution in [0.1, 0.15) is 38.5 Å². The monoisotopic (exact) mass is 399 g/mol. The number of ether oxygens (including phenoxy) is 2. The van der Waals surface area contributed by atoms with Crippen LogP contribution in [0.4, 0.5) is 0 Å². The topological polar surface area (TPSA) is 86.8 Å². The van der Waals surface area contributed by atoms with Crippen molar-refractivity contribution in [3.63, 3.8) is 0 Å². The number of hydrogen-bond donors (Lipinski definition) is 1. The number of hydrogen-bond acceptors (Lipinski definition) is 5. The minimum Gasteiger partial charge on any atom is -0.465 e. The Morgan fingerprint density at radius 3 is 2.31 bits per heavy atom. The van der Waals surface area contributed by atoms with Crippen LogP contribution in [0.2, 0.25) is 0 Å². The molecule has 1 saturated heterocycles. The minimum absolute atomic E-state index is 0.389. The third-order valence-electron chi connectivity index (χ3n) is 5.58. The molecule has 3 rings (SSSR count). The number of esters is 1. The minimum atomic E-state index is -0.440. The molecule has 2 aromatic rings. The fraction of sp³-hybridized carbons (Fsp3) is 0.455. The molecule has 2 heterocycles. The van der Waals surface area contributed by atoms with Gasteiger partial charge in [-0.15, -0.1) is 0 Å². The van der Waals surface area contributed by atoms with Crippen molar-refractivity contribution in [1.82, 2.24) is 9.47 Å². The standard InChI is InChI=1S/C22H29N3O4/c1-15-19(17-5-7-18(8-6-17)22(27)28-3)20(21(23)26)16(2)25(15)10-4-9-24-11-13-29-14-12-24/h5-8H,4,9-14H2,1-3H3,(H2,23,26). The van der Waals surface area contributed by atoms with Gasteiger partial charge in [-0.2, -0.15) is 0 Å². The van der Waals surface area contributed by atoms with E-state index < -0.39 is 5.91 Å². The van der Waals surface area contributed by atoms with Crippen LogP contribution in [0, 0.1) is 13.8 Å². The number of amides is 1. The second-order valence-corrected chi connectivity index (χ2v) is 7.31. The highest BCUT2D eigenvalue weighted by molar-refractivity contribution is 6.02. The number of methoxy groups -OCH3 is 1. The molecule has 2 N–H and O–H groups in total. The smallest absolute Gasteiger partial charge is 0.337 e. The summed E-state index contributed by atoms with van der Waals surface area (Å²) in [5, 5.41) is 0. The van der Waals surface area contributed by atoms with Gasteiger partial charge in [0.25, 0.3) is 5.91 Å². The van der Waals surface area contributed by atoms with Crippen LogP contribution >= 0.6 is 0 Å². The van der Waals surface area contributed by atoms with Gasteiger partial charge in [0.2, 0.25) is 0 Å². The lowest BCUT2D eigenvalue weighted by atomic mass is 9.99. The second-order valence-electron chi connectivity index (χ2n) is 7.31. The van der Waals surface area contributed by atoms with Gasteiger partial charge in [0, 0.05) is 43.1 Å². The lowest BCUT2D eigenvalue weighted by molar-refractivity contribution is 0.0369.